The molecule has 0 saturated heterocycles. The van der Waals surface area contributed by atoms with Gasteiger partial charge in [0, 0.05) is 12.6 Å². The van der Waals surface area contributed by atoms with E-state index in [0.717, 1.165) is 11.1 Å². The molecule has 5 rings (SSSR count). The minimum atomic E-state index is -0.451. The standard InChI is InChI=1S/C22H17FN4O3/c1-13-3-5-14(6-4-13)11-27-20(28)18-19(25(2)22(27)29)24-21-26(18)12-17(30-21)15-7-9-16(23)10-8-15/h3-10,12H,11H2,1-2H3. The first-order valence-corrected chi connectivity index (χ1v) is 9.35. The number of nitrogens with zero attached hydrogens (tertiary/aromatic N) is 4. The third-order valence-corrected chi connectivity index (χ3v) is 5.18. The first-order valence-electron chi connectivity index (χ1n) is 9.35. The second-order valence-electron chi connectivity index (χ2n) is 7.26. The van der Waals surface area contributed by atoms with Crippen molar-refractivity contribution in [3.05, 3.63) is 92.5 Å². The van der Waals surface area contributed by atoms with Crippen LogP contribution in [-0.4, -0.2) is 18.5 Å². The molecule has 0 aliphatic heterocycles. The lowest BCUT2D eigenvalue weighted by atomic mass is 10.1. The summed E-state index contributed by atoms with van der Waals surface area (Å²) >= 11 is 0. The Kier molecular flexibility index (Phi) is 3.95. The predicted octanol–water partition coefficient (Wildman–Crippen LogP) is 3.10. The van der Waals surface area contributed by atoms with Crippen molar-refractivity contribution in [1.29, 1.82) is 0 Å². The SMILES string of the molecule is Cc1ccc(Cn2c(=O)c3c(nc4oc(-c5ccc(F)cc5)cn43)n(C)c2=O)cc1. The third kappa shape index (κ3) is 2.76. The van der Waals surface area contributed by atoms with Crippen molar-refractivity contribution < 1.29 is 8.81 Å². The molecular formula is C22H17FN4O3. The van der Waals surface area contributed by atoms with Gasteiger partial charge in [-0.15, -0.1) is 0 Å². The van der Waals surface area contributed by atoms with Gasteiger partial charge < -0.3 is 4.42 Å². The molecule has 0 aliphatic rings. The normalized spacial score (nSPS) is 11.6. The van der Waals surface area contributed by atoms with Gasteiger partial charge in [-0.2, -0.15) is 4.98 Å². The van der Waals surface area contributed by atoms with Gasteiger partial charge in [0.05, 0.1) is 12.7 Å². The zero-order valence-electron chi connectivity index (χ0n) is 16.3. The van der Waals surface area contributed by atoms with E-state index >= 15 is 0 Å². The maximum Gasteiger partial charge on any atom is 0.332 e. The molecule has 30 heavy (non-hydrogen) atoms. The molecule has 0 atom stereocenters. The van der Waals surface area contributed by atoms with Crippen LogP contribution in [0, 0.1) is 12.7 Å². The number of fused-ring (bicyclic) bond motifs is 3. The summed E-state index contributed by atoms with van der Waals surface area (Å²) in [5, 5.41) is 0. The fourth-order valence-electron chi connectivity index (χ4n) is 3.52. The lowest BCUT2D eigenvalue weighted by molar-refractivity contribution is 0.608. The molecule has 7 nitrogen and oxygen atoms in total. The summed E-state index contributed by atoms with van der Waals surface area (Å²) in [5.74, 6) is 0.275. The zero-order valence-corrected chi connectivity index (χ0v) is 16.3. The smallest absolute Gasteiger partial charge is 0.332 e. The van der Waals surface area contributed by atoms with Gasteiger partial charge in [-0.3, -0.25) is 18.3 Å². The van der Waals surface area contributed by atoms with Gasteiger partial charge >= 0.3 is 11.5 Å². The van der Waals surface area contributed by atoms with E-state index in [0.29, 0.717) is 11.3 Å². The Hall–Kier alpha value is -3.94. The number of oxazole rings is 1. The number of rotatable bonds is 3. The molecule has 0 N–H and O–H groups in total. The number of aryl methyl sites for hydroxylation is 2. The molecule has 3 aromatic heterocycles. The number of aromatic nitrogens is 4. The van der Waals surface area contributed by atoms with Crippen molar-refractivity contribution >= 4 is 17.0 Å². The van der Waals surface area contributed by atoms with Gasteiger partial charge in [-0.1, -0.05) is 29.8 Å². The van der Waals surface area contributed by atoms with Crippen LogP contribution in [0.2, 0.25) is 0 Å². The van der Waals surface area contributed by atoms with E-state index in [1.54, 1.807) is 25.4 Å². The van der Waals surface area contributed by atoms with Crippen LogP contribution in [0.4, 0.5) is 4.39 Å². The summed E-state index contributed by atoms with van der Waals surface area (Å²) < 4.78 is 23.0. The highest BCUT2D eigenvalue weighted by Gasteiger charge is 2.20. The minimum Gasteiger partial charge on any atom is -0.423 e. The predicted molar refractivity (Wildman–Crippen MR) is 110 cm³/mol. The summed E-state index contributed by atoms with van der Waals surface area (Å²) in [4.78, 5) is 30.4. The molecule has 2 aromatic carbocycles. The molecule has 0 spiro atoms. The van der Waals surface area contributed by atoms with Crippen molar-refractivity contribution in [2.45, 2.75) is 13.5 Å². The summed E-state index contributed by atoms with van der Waals surface area (Å²) in [7, 11) is 1.57. The second kappa shape index (κ2) is 6.55. The molecule has 3 heterocycles. The number of benzene rings is 2. The monoisotopic (exact) mass is 404 g/mol. The molecule has 0 amide bonds. The van der Waals surface area contributed by atoms with E-state index in [4.69, 9.17) is 4.42 Å². The molecule has 0 unspecified atom stereocenters. The number of imidazole rings is 1. The molecule has 8 heteroatoms. The van der Waals surface area contributed by atoms with Crippen molar-refractivity contribution in [1.82, 2.24) is 18.5 Å². The maximum atomic E-state index is 13.2. The Morgan fingerprint density at radius 2 is 1.73 bits per heavy atom. The van der Waals surface area contributed by atoms with Crippen molar-refractivity contribution in [2.24, 2.45) is 7.05 Å². The van der Waals surface area contributed by atoms with Crippen molar-refractivity contribution in [3.63, 3.8) is 0 Å². The largest absolute Gasteiger partial charge is 0.423 e. The Morgan fingerprint density at radius 1 is 1.03 bits per heavy atom. The Morgan fingerprint density at radius 3 is 2.43 bits per heavy atom. The average molecular weight is 404 g/mol. The van der Waals surface area contributed by atoms with E-state index in [-0.39, 0.29) is 29.4 Å². The lowest BCUT2D eigenvalue weighted by Gasteiger charge is -2.08. The van der Waals surface area contributed by atoms with E-state index in [1.165, 1.54) is 25.7 Å². The first-order chi connectivity index (χ1) is 14.4. The van der Waals surface area contributed by atoms with Gasteiger partial charge in [0.1, 0.15) is 5.82 Å². The van der Waals surface area contributed by atoms with E-state index < -0.39 is 11.2 Å². The van der Waals surface area contributed by atoms with Crippen LogP contribution in [0.3, 0.4) is 0 Å². The molecule has 0 bridgehead atoms. The molecule has 0 saturated carbocycles. The zero-order chi connectivity index (χ0) is 21.0. The maximum absolute atomic E-state index is 13.2. The molecular weight excluding hydrogens is 387 g/mol. The second-order valence-corrected chi connectivity index (χ2v) is 7.26. The fourth-order valence-corrected chi connectivity index (χ4v) is 3.52. The lowest BCUT2D eigenvalue weighted by Crippen LogP contribution is -2.39. The third-order valence-electron chi connectivity index (χ3n) is 5.18. The average Bonchev–Trinajstić information content (AvgIpc) is 3.30. The minimum absolute atomic E-state index is 0.150. The Balaban J connectivity index is 1.71. The summed E-state index contributed by atoms with van der Waals surface area (Å²) in [6, 6.07) is 13.5. The quantitative estimate of drug-likeness (QED) is 0.463. The summed E-state index contributed by atoms with van der Waals surface area (Å²) in [6.07, 6.45) is 1.62. The van der Waals surface area contributed by atoms with Gasteiger partial charge in [0.25, 0.3) is 5.56 Å². The summed E-state index contributed by atoms with van der Waals surface area (Å²) in [6.45, 7) is 2.12. The van der Waals surface area contributed by atoms with Crippen LogP contribution in [0.25, 0.3) is 28.3 Å². The van der Waals surface area contributed by atoms with Crippen molar-refractivity contribution in [2.75, 3.05) is 0 Å². The van der Waals surface area contributed by atoms with E-state index in [9.17, 15) is 14.0 Å². The van der Waals surface area contributed by atoms with Gasteiger partial charge in [0.2, 0.25) is 0 Å². The van der Waals surface area contributed by atoms with Gasteiger partial charge in [0.15, 0.2) is 16.9 Å². The van der Waals surface area contributed by atoms with Crippen LogP contribution < -0.4 is 11.2 Å². The van der Waals surface area contributed by atoms with Crippen molar-refractivity contribution in [3.8, 4) is 11.3 Å². The van der Waals surface area contributed by atoms with Crippen LogP contribution in [-0.2, 0) is 13.6 Å². The summed E-state index contributed by atoms with van der Waals surface area (Å²) in [5.41, 5.74) is 2.18. The fraction of sp³-hybridized carbons (Fsp3) is 0.136. The molecule has 0 fully saturated rings. The number of hydrogen-bond acceptors (Lipinski definition) is 4. The Labute approximate surface area is 169 Å². The number of hydrogen-bond donors (Lipinski definition) is 0. The highest BCUT2D eigenvalue weighted by molar-refractivity contribution is 5.76. The first kappa shape index (κ1) is 18.1. The highest BCUT2D eigenvalue weighted by atomic mass is 19.1. The molecule has 150 valence electrons. The van der Waals surface area contributed by atoms with Crippen LogP contribution >= 0.6 is 0 Å². The molecule has 5 aromatic rings. The van der Waals surface area contributed by atoms with E-state index in [2.05, 4.69) is 4.98 Å². The molecule has 0 aliphatic carbocycles. The van der Waals surface area contributed by atoms with Gasteiger partial charge in [-0.25, -0.2) is 9.18 Å². The highest BCUT2D eigenvalue weighted by Crippen LogP contribution is 2.24. The number of halogens is 1. The molecule has 0 radical (unpaired) electrons. The van der Waals surface area contributed by atoms with Crippen LogP contribution in [0.15, 0.2) is 68.7 Å². The van der Waals surface area contributed by atoms with Gasteiger partial charge in [-0.05, 0) is 36.8 Å². The van der Waals surface area contributed by atoms with E-state index in [1.807, 2.05) is 31.2 Å². The Bertz CT molecular complexity index is 1520. The van der Waals surface area contributed by atoms with Crippen LogP contribution in [0.1, 0.15) is 11.1 Å². The topological polar surface area (TPSA) is 74.4 Å². The van der Waals surface area contributed by atoms with Crippen LogP contribution in [0.5, 0.6) is 0 Å².